The number of allylic oxidation sites excluding steroid dienone is 1. The Morgan fingerprint density at radius 1 is 1.02 bits per heavy atom. The monoisotopic (exact) mass is 835 g/mol. The lowest BCUT2D eigenvalue weighted by Crippen LogP contribution is -2.47. The molecule has 4 aromatic rings. The highest BCUT2D eigenvalue weighted by molar-refractivity contribution is 7.90. The van der Waals surface area contributed by atoms with Crippen molar-refractivity contribution < 1.29 is 22.9 Å². The summed E-state index contributed by atoms with van der Waals surface area (Å²) in [5.74, 6) is 3.09. The van der Waals surface area contributed by atoms with Gasteiger partial charge in [0.1, 0.15) is 22.8 Å². The molecule has 3 heterocycles. The minimum atomic E-state index is -4.52. The Labute approximate surface area is 352 Å². The van der Waals surface area contributed by atoms with Crippen LogP contribution < -0.4 is 19.7 Å². The lowest BCUT2D eigenvalue weighted by molar-refractivity contribution is -0.384. The Hall–Kier alpha value is -4.95. The van der Waals surface area contributed by atoms with Crippen LogP contribution in [0, 0.1) is 39.2 Å². The van der Waals surface area contributed by atoms with Crippen LogP contribution in [0.1, 0.15) is 95.3 Å². The number of nitrogens with one attached hydrogen (secondary N) is 3. The molecule has 9 rings (SSSR count). The molecule has 3 saturated carbocycles. The number of ether oxygens (including phenoxy) is 1. The van der Waals surface area contributed by atoms with Crippen molar-refractivity contribution in [1.82, 2.24) is 19.6 Å². The number of fused-ring (bicyclic) bond motifs is 2. The van der Waals surface area contributed by atoms with Gasteiger partial charge in [-0.05, 0) is 110 Å². The van der Waals surface area contributed by atoms with Crippen LogP contribution >= 0.6 is 0 Å². The van der Waals surface area contributed by atoms with Gasteiger partial charge in [-0.1, -0.05) is 51.2 Å². The number of carbonyl (C=O) groups is 1. The number of rotatable bonds is 12. The number of carbonyl (C=O) groups excluding carboxylic acids is 1. The standard InChI is InChI=1S/C46H57N7O6S/c1-29-21-38(39-25-37(29)39)40-26-46(2,3)15-13-31(40)28-51-17-19-52(20-18-51)33-9-11-36(43(23-33)59-34-22-30-14-16-47-44(30)48-27-34)45(54)50-60(57,58)35-10-12-41(42(24-35)53(55)56)49-32-7-5-4-6-8-32/h9-12,14,16,22-24,27,29,32,37-39,49H,4-8,13,15,17-21,25-26,28H2,1-3H3,(H,47,48)(H,50,54)/t29-,37?,38+,39?/m0/s1. The Bertz CT molecular complexity index is 2430. The second-order valence-electron chi connectivity index (χ2n) is 18.8. The van der Waals surface area contributed by atoms with E-state index in [9.17, 15) is 23.3 Å². The highest BCUT2D eigenvalue weighted by Crippen LogP contribution is 2.62. The van der Waals surface area contributed by atoms with Gasteiger partial charge in [0.2, 0.25) is 0 Å². The van der Waals surface area contributed by atoms with Crippen molar-refractivity contribution in [2.24, 2.45) is 29.1 Å². The summed E-state index contributed by atoms with van der Waals surface area (Å²) in [4.78, 5) is 37.4. The van der Waals surface area contributed by atoms with Gasteiger partial charge in [-0.3, -0.25) is 19.8 Å². The number of aromatic amines is 1. The lowest BCUT2D eigenvalue weighted by atomic mass is 9.69. The maximum absolute atomic E-state index is 13.9. The number of anilines is 2. The van der Waals surface area contributed by atoms with Crippen molar-refractivity contribution >= 4 is 44.0 Å². The topological polar surface area (TPSA) is 163 Å². The van der Waals surface area contributed by atoms with E-state index in [0.29, 0.717) is 16.8 Å². The molecule has 2 aromatic carbocycles. The summed E-state index contributed by atoms with van der Waals surface area (Å²) in [6.45, 7) is 11.8. The van der Waals surface area contributed by atoms with Gasteiger partial charge < -0.3 is 19.9 Å². The third kappa shape index (κ3) is 8.50. The van der Waals surface area contributed by atoms with Gasteiger partial charge in [-0.2, -0.15) is 0 Å². The third-order valence-electron chi connectivity index (χ3n) is 14.1. The van der Waals surface area contributed by atoms with Gasteiger partial charge in [-0.25, -0.2) is 18.1 Å². The number of hydrogen-bond donors (Lipinski definition) is 3. The summed E-state index contributed by atoms with van der Waals surface area (Å²) in [6.07, 6.45) is 14.7. The number of benzene rings is 2. The molecule has 0 radical (unpaired) electrons. The SMILES string of the molecule is C[C@H]1C[C@@H](C2=C(CN3CCN(c4ccc(C(=O)NS(=O)(=O)c5ccc(NC6CCCCC6)c([N+](=O)[O-])c5)c(Oc5cnc6[nH]ccc6c5)c4)CC3)CCC(C)(C)C2)C2CC21. The van der Waals surface area contributed by atoms with Crippen molar-refractivity contribution in [1.29, 1.82) is 0 Å². The number of pyridine rings is 1. The van der Waals surface area contributed by atoms with Crippen molar-refractivity contribution in [3.63, 3.8) is 0 Å². The van der Waals surface area contributed by atoms with Gasteiger partial charge in [0.15, 0.2) is 0 Å². The Morgan fingerprint density at radius 2 is 1.82 bits per heavy atom. The number of nitrogens with zero attached hydrogens (tertiary/aromatic N) is 4. The number of nitro benzene ring substituents is 1. The predicted molar refractivity (Wildman–Crippen MR) is 233 cm³/mol. The molecule has 0 bridgehead atoms. The zero-order valence-electron chi connectivity index (χ0n) is 34.9. The predicted octanol–water partition coefficient (Wildman–Crippen LogP) is 9.05. The number of piperazine rings is 1. The van der Waals surface area contributed by atoms with Crippen molar-refractivity contribution in [3.8, 4) is 11.5 Å². The Morgan fingerprint density at radius 3 is 2.55 bits per heavy atom. The normalized spacial score (nSPS) is 24.6. The molecule has 318 valence electrons. The fourth-order valence-electron chi connectivity index (χ4n) is 10.6. The first-order valence-electron chi connectivity index (χ1n) is 21.9. The summed E-state index contributed by atoms with van der Waals surface area (Å²) < 4.78 is 35.9. The highest BCUT2D eigenvalue weighted by atomic mass is 32.2. The largest absolute Gasteiger partial charge is 0.455 e. The fraction of sp³-hybridized carbons (Fsp3) is 0.522. The van der Waals surface area contributed by atoms with E-state index in [2.05, 4.69) is 50.6 Å². The molecule has 4 aliphatic carbocycles. The summed E-state index contributed by atoms with van der Waals surface area (Å²) in [6, 6.07) is 12.6. The van der Waals surface area contributed by atoms with Gasteiger partial charge in [0.05, 0.1) is 21.6 Å². The zero-order valence-corrected chi connectivity index (χ0v) is 35.7. The van der Waals surface area contributed by atoms with Crippen LogP contribution in [-0.4, -0.2) is 72.9 Å². The number of nitro groups is 1. The smallest absolute Gasteiger partial charge is 0.293 e. The summed E-state index contributed by atoms with van der Waals surface area (Å²) in [7, 11) is -4.52. The molecule has 1 saturated heterocycles. The van der Waals surface area contributed by atoms with E-state index in [0.717, 1.165) is 106 Å². The number of H-pyrrole nitrogens is 1. The van der Waals surface area contributed by atoms with E-state index in [1.807, 2.05) is 12.1 Å². The molecular weight excluding hydrogens is 779 g/mol. The average molecular weight is 836 g/mol. The second-order valence-corrected chi connectivity index (χ2v) is 20.5. The van der Waals surface area contributed by atoms with E-state index in [1.165, 1.54) is 44.2 Å². The maximum Gasteiger partial charge on any atom is 0.293 e. The molecule has 2 unspecified atom stereocenters. The summed E-state index contributed by atoms with van der Waals surface area (Å²) in [5.41, 5.74) is 5.25. The molecule has 2 aromatic heterocycles. The fourth-order valence-corrected chi connectivity index (χ4v) is 11.6. The first kappa shape index (κ1) is 40.5. The first-order valence-corrected chi connectivity index (χ1v) is 23.3. The molecule has 13 nitrogen and oxygen atoms in total. The summed E-state index contributed by atoms with van der Waals surface area (Å²) in [5, 5.41) is 16.1. The number of aromatic nitrogens is 2. The molecule has 5 aliphatic rings. The molecule has 1 aliphatic heterocycles. The number of amides is 1. The van der Waals surface area contributed by atoms with Gasteiger partial charge in [-0.15, -0.1) is 0 Å². The van der Waals surface area contributed by atoms with Crippen LogP contribution in [0.3, 0.4) is 0 Å². The summed E-state index contributed by atoms with van der Waals surface area (Å²) >= 11 is 0. The van der Waals surface area contributed by atoms with E-state index in [4.69, 9.17) is 4.74 Å². The molecule has 14 heteroatoms. The quantitative estimate of drug-likeness (QED) is 0.0713. The van der Waals surface area contributed by atoms with Crippen molar-refractivity contribution in [2.45, 2.75) is 95.9 Å². The van der Waals surface area contributed by atoms with E-state index >= 15 is 0 Å². The molecule has 4 atom stereocenters. The van der Waals surface area contributed by atoms with Crippen LogP contribution in [-0.2, 0) is 10.0 Å². The second kappa shape index (κ2) is 16.2. The number of hydrogen-bond acceptors (Lipinski definition) is 10. The van der Waals surface area contributed by atoms with Crippen LogP contribution in [0.15, 0.2) is 77.0 Å². The van der Waals surface area contributed by atoms with Crippen molar-refractivity contribution in [3.05, 3.63) is 87.7 Å². The van der Waals surface area contributed by atoms with Crippen molar-refractivity contribution in [2.75, 3.05) is 42.9 Å². The van der Waals surface area contributed by atoms with Gasteiger partial charge in [0.25, 0.3) is 21.6 Å². The van der Waals surface area contributed by atoms with Gasteiger partial charge >= 0.3 is 0 Å². The van der Waals surface area contributed by atoms with E-state index in [-0.39, 0.29) is 33.6 Å². The van der Waals surface area contributed by atoms with Gasteiger partial charge in [0, 0.05) is 68.2 Å². The highest BCUT2D eigenvalue weighted by Gasteiger charge is 2.54. The zero-order chi connectivity index (χ0) is 41.8. The average Bonchev–Trinajstić information content (AvgIpc) is 3.77. The molecule has 0 spiro atoms. The number of sulfonamides is 1. The minimum absolute atomic E-state index is 0.000895. The van der Waals surface area contributed by atoms with Crippen LogP contribution in [0.4, 0.5) is 17.1 Å². The molecule has 1 amide bonds. The first-order chi connectivity index (χ1) is 28.8. The lowest BCUT2D eigenvalue weighted by Gasteiger charge is -2.40. The Balaban J connectivity index is 0.931. The molecular formula is C46H57N7O6S. The molecule has 60 heavy (non-hydrogen) atoms. The van der Waals surface area contributed by atoms with Crippen LogP contribution in [0.2, 0.25) is 0 Å². The molecule has 3 N–H and O–H groups in total. The van der Waals surface area contributed by atoms with E-state index in [1.54, 1.807) is 41.7 Å². The Kier molecular flexibility index (Phi) is 10.9. The van der Waals surface area contributed by atoms with Crippen LogP contribution in [0.5, 0.6) is 11.5 Å². The van der Waals surface area contributed by atoms with E-state index < -0.39 is 20.9 Å². The third-order valence-corrected chi connectivity index (χ3v) is 15.4. The minimum Gasteiger partial charge on any atom is -0.455 e. The maximum atomic E-state index is 13.9. The van der Waals surface area contributed by atoms with Crippen LogP contribution in [0.25, 0.3) is 11.0 Å². The molecule has 4 fully saturated rings.